The van der Waals surface area contributed by atoms with Crippen molar-refractivity contribution in [2.75, 3.05) is 23.3 Å². The van der Waals surface area contributed by atoms with Gasteiger partial charge < -0.3 is 10.2 Å². The molecule has 0 bridgehead atoms. The summed E-state index contributed by atoms with van der Waals surface area (Å²) >= 11 is 0. The average molecular weight is 352 g/mol. The first-order valence-corrected chi connectivity index (χ1v) is 8.18. The van der Waals surface area contributed by atoms with Crippen molar-refractivity contribution in [1.29, 1.82) is 0 Å². The summed E-state index contributed by atoms with van der Waals surface area (Å²) in [5, 5.41) is 6.18. The molecule has 1 aromatic heterocycles. The minimum atomic E-state index is -4.51. The highest BCUT2D eigenvalue weighted by Crippen LogP contribution is 2.29. The van der Waals surface area contributed by atoms with Crippen molar-refractivity contribution in [3.05, 3.63) is 42.2 Å². The van der Waals surface area contributed by atoms with E-state index >= 15 is 0 Å². The molecular weight excluding hydrogens is 333 g/mol. The minimum absolute atomic E-state index is 0.273. The van der Waals surface area contributed by atoms with Crippen LogP contribution in [0, 0.1) is 0 Å². The molecule has 1 aromatic carbocycles. The lowest BCUT2D eigenvalue weighted by atomic mass is 10.1. The van der Waals surface area contributed by atoms with Gasteiger partial charge in [0.15, 0.2) is 5.69 Å². The molecule has 0 spiro atoms. The van der Waals surface area contributed by atoms with E-state index in [1.165, 1.54) is 6.42 Å². The monoisotopic (exact) mass is 352 g/mol. The van der Waals surface area contributed by atoms with Crippen LogP contribution in [-0.4, -0.2) is 28.8 Å². The van der Waals surface area contributed by atoms with E-state index in [-0.39, 0.29) is 6.54 Å². The highest BCUT2D eigenvalue weighted by molar-refractivity contribution is 5.94. The SMILES string of the molecule is O=C(Cn1ccc(C(F)(F)F)n1)Nc1ccccc1N1CCCCC1. The molecule has 1 aliphatic heterocycles. The summed E-state index contributed by atoms with van der Waals surface area (Å²) in [4.78, 5) is 14.4. The highest BCUT2D eigenvalue weighted by atomic mass is 19.4. The molecule has 1 amide bonds. The summed E-state index contributed by atoms with van der Waals surface area (Å²) in [5.41, 5.74) is 0.596. The molecule has 25 heavy (non-hydrogen) atoms. The number of hydrogen-bond donors (Lipinski definition) is 1. The lowest BCUT2D eigenvalue weighted by Crippen LogP contribution is -2.30. The Kier molecular flexibility index (Phi) is 4.96. The molecule has 3 rings (SSSR count). The van der Waals surface area contributed by atoms with Crippen LogP contribution in [0.15, 0.2) is 36.5 Å². The average Bonchev–Trinajstić information content (AvgIpc) is 3.05. The standard InChI is InChI=1S/C17H19F3N4O/c18-17(19,20)15-8-11-24(22-15)12-16(25)21-13-6-2-3-7-14(13)23-9-4-1-5-10-23/h2-3,6-8,11H,1,4-5,9-10,12H2,(H,21,25). The normalized spacial score (nSPS) is 15.2. The Morgan fingerprint density at radius 3 is 2.52 bits per heavy atom. The number of amides is 1. The van der Waals surface area contributed by atoms with Crippen LogP contribution >= 0.6 is 0 Å². The molecular formula is C17H19F3N4O. The fourth-order valence-electron chi connectivity index (χ4n) is 2.93. The van der Waals surface area contributed by atoms with Crippen molar-refractivity contribution in [3.8, 4) is 0 Å². The van der Waals surface area contributed by atoms with Crippen molar-refractivity contribution in [1.82, 2.24) is 9.78 Å². The van der Waals surface area contributed by atoms with E-state index < -0.39 is 17.8 Å². The van der Waals surface area contributed by atoms with Gasteiger partial charge in [0.05, 0.1) is 11.4 Å². The summed E-state index contributed by atoms with van der Waals surface area (Å²) in [6.07, 6.45) is 0.0545. The quantitative estimate of drug-likeness (QED) is 0.916. The highest BCUT2D eigenvalue weighted by Gasteiger charge is 2.33. The van der Waals surface area contributed by atoms with Crippen molar-refractivity contribution >= 4 is 17.3 Å². The number of benzene rings is 1. The lowest BCUT2D eigenvalue weighted by Gasteiger charge is -2.30. The Morgan fingerprint density at radius 2 is 1.84 bits per heavy atom. The maximum absolute atomic E-state index is 12.6. The predicted molar refractivity (Wildman–Crippen MR) is 88.4 cm³/mol. The number of hydrogen-bond acceptors (Lipinski definition) is 3. The van der Waals surface area contributed by atoms with Crippen LogP contribution in [-0.2, 0) is 17.5 Å². The zero-order valence-electron chi connectivity index (χ0n) is 13.6. The van der Waals surface area contributed by atoms with Crippen molar-refractivity contribution in [3.63, 3.8) is 0 Å². The topological polar surface area (TPSA) is 50.2 Å². The second-order valence-electron chi connectivity index (χ2n) is 6.01. The number of aromatic nitrogens is 2. The van der Waals surface area contributed by atoms with Gasteiger partial charge in [0.25, 0.3) is 0 Å². The van der Waals surface area contributed by atoms with Crippen LogP contribution < -0.4 is 10.2 Å². The van der Waals surface area contributed by atoms with Gasteiger partial charge in [-0.1, -0.05) is 12.1 Å². The number of nitrogens with zero attached hydrogens (tertiary/aromatic N) is 3. The Bertz CT molecular complexity index is 735. The number of halogens is 3. The summed E-state index contributed by atoms with van der Waals surface area (Å²) < 4.78 is 38.7. The first-order chi connectivity index (χ1) is 11.9. The van der Waals surface area contributed by atoms with Crippen LogP contribution in [0.1, 0.15) is 25.0 Å². The summed E-state index contributed by atoms with van der Waals surface area (Å²) in [6, 6.07) is 8.32. The predicted octanol–water partition coefficient (Wildman–Crippen LogP) is 3.53. The number of carbonyl (C=O) groups is 1. The van der Waals surface area contributed by atoms with Crippen LogP contribution in [0.5, 0.6) is 0 Å². The number of carbonyl (C=O) groups excluding carboxylic acids is 1. The van der Waals surface area contributed by atoms with Gasteiger partial charge in [-0.05, 0) is 37.5 Å². The van der Waals surface area contributed by atoms with E-state index in [4.69, 9.17) is 0 Å². The van der Waals surface area contributed by atoms with Gasteiger partial charge in [0, 0.05) is 19.3 Å². The third kappa shape index (κ3) is 4.32. The van der Waals surface area contributed by atoms with Crippen molar-refractivity contribution in [2.24, 2.45) is 0 Å². The maximum atomic E-state index is 12.6. The summed E-state index contributed by atoms with van der Waals surface area (Å²) in [6.45, 7) is 1.59. The summed E-state index contributed by atoms with van der Waals surface area (Å²) in [5.74, 6) is -0.415. The van der Waals surface area contributed by atoms with E-state index in [9.17, 15) is 18.0 Å². The molecule has 2 aromatic rings. The van der Waals surface area contributed by atoms with Crippen molar-refractivity contribution < 1.29 is 18.0 Å². The van der Waals surface area contributed by atoms with Gasteiger partial charge in [0.2, 0.25) is 5.91 Å². The second-order valence-corrected chi connectivity index (χ2v) is 6.01. The zero-order chi connectivity index (χ0) is 17.9. The third-order valence-electron chi connectivity index (χ3n) is 4.11. The van der Waals surface area contributed by atoms with E-state index in [0.717, 1.165) is 48.6 Å². The lowest BCUT2D eigenvalue weighted by molar-refractivity contribution is -0.141. The van der Waals surface area contributed by atoms with E-state index in [1.807, 2.05) is 18.2 Å². The van der Waals surface area contributed by atoms with Gasteiger partial charge in [0.1, 0.15) is 6.54 Å². The molecule has 8 heteroatoms. The second kappa shape index (κ2) is 7.16. The summed E-state index contributed by atoms with van der Waals surface area (Å²) in [7, 11) is 0. The molecule has 1 aliphatic rings. The Hall–Kier alpha value is -2.51. The molecule has 0 radical (unpaired) electrons. The number of para-hydroxylation sites is 2. The fourth-order valence-corrected chi connectivity index (χ4v) is 2.93. The largest absolute Gasteiger partial charge is 0.435 e. The van der Waals surface area contributed by atoms with Crippen LogP contribution in [0.2, 0.25) is 0 Å². The number of nitrogens with one attached hydrogen (secondary N) is 1. The number of piperidine rings is 1. The molecule has 1 saturated heterocycles. The van der Waals surface area contributed by atoms with Gasteiger partial charge in [-0.3, -0.25) is 9.48 Å². The maximum Gasteiger partial charge on any atom is 0.435 e. The van der Waals surface area contributed by atoms with E-state index in [2.05, 4.69) is 15.3 Å². The van der Waals surface area contributed by atoms with Crippen LogP contribution in [0.4, 0.5) is 24.5 Å². The number of rotatable bonds is 4. The first kappa shape index (κ1) is 17.3. The zero-order valence-corrected chi connectivity index (χ0v) is 13.6. The van der Waals surface area contributed by atoms with Crippen LogP contribution in [0.25, 0.3) is 0 Å². The molecule has 5 nitrogen and oxygen atoms in total. The molecule has 134 valence electrons. The van der Waals surface area contributed by atoms with Crippen molar-refractivity contribution in [2.45, 2.75) is 32.0 Å². The van der Waals surface area contributed by atoms with Gasteiger partial charge >= 0.3 is 6.18 Å². The molecule has 2 heterocycles. The third-order valence-corrected chi connectivity index (χ3v) is 4.11. The molecule has 1 fully saturated rings. The Balaban J connectivity index is 1.68. The fraction of sp³-hybridized carbons (Fsp3) is 0.412. The van der Waals surface area contributed by atoms with Gasteiger partial charge in [-0.15, -0.1) is 0 Å². The molecule has 0 aliphatic carbocycles. The van der Waals surface area contributed by atoms with E-state index in [0.29, 0.717) is 5.69 Å². The first-order valence-electron chi connectivity index (χ1n) is 8.18. The Labute approximate surface area is 143 Å². The molecule has 0 unspecified atom stereocenters. The molecule has 0 saturated carbocycles. The number of anilines is 2. The van der Waals surface area contributed by atoms with Crippen LogP contribution in [0.3, 0.4) is 0 Å². The molecule has 1 N–H and O–H groups in total. The Morgan fingerprint density at radius 1 is 1.12 bits per heavy atom. The smallest absolute Gasteiger partial charge is 0.370 e. The van der Waals surface area contributed by atoms with Gasteiger partial charge in [-0.2, -0.15) is 18.3 Å². The van der Waals surface area contributed by atoms with Gasteiger partial charge in [-0.25, -0.2) is 0 Å². The van der Waals surface area contributed by atoms with E-state index in [1.54, 1.807) is 6.07 Å². The molecule has 0 atom stereocenters. The number of alkyl halides is 3. The minimum Gasteiger partial charge on any atom is -0.370 e.